The summed E-state index contributed by atoms with van der Waals surface area (Å²) in [6.07, 6.45) is 2.30. The molecule has 2 aromatic heterocycles. The van der Waals surface area contributed by atoms with Gasteiger partial charge in [-0.2, -0.15) is 0 Å². The summed E-state index contributed by atoms with van der Waals surface area (Å²) in [5, 5.41) is 3.71. The van der Waals surface area contributed by atoms with Crippen molar-refractivity contribution >= 4 is 22.7 Å². The lowest BCUT2D eigenvalue weighted by atomic mass is 10.1. The highest BCUT2D eigenvalue weighted by atomic mass is 32.1. The Balaban J connectivity index is 2.32. The van der Waals surface area contributed by atoms with E-state index < -0.39 is 0 Å². The minimum atomic E-state index is 0.371. The molecule has 2 heterocycles. The van der Waals surface area contributed by atoms with Crippen molar-refractivity contribution in [2.45, 2.75) is 46.6 Å². The lowest BCUT2D eigenvalue weighted by Gasteiger charge is -2.17. The van der Waals surface area contributed by atoms with E-state index >= 15 is 0 Å². The lowest BCUT2D eigenvalue weighted by molar-refractivity contribution is 0.605. The fourth-order valence-corrected chi connectivity index (χ4v) is 4.34. The zero-order chi connectivity index (χ0) is 13.8. The van der Waals surface area contributed by atoms with Gasteiger partial charge in [-0.1, -0.05) is 13.8 Å². The molecule has 2 aromatic rings. The van der Waals surface area contributed by atoms with Crippen LogP contribution < -0.4 is 5.32 Å². The first-order valence-electron chi connectivity index (χ1n) is 7.04. The minimum Gasteiger partial charge on any atom is -0.306 e. The number of rotatable bonds is 6. The van der Waals surface area contributed by atoms with Gasteiger partial charge in [0.2, 0.25) is 0 Å². The van der Waals surface area contributed by atoms with E-state index in [1.54, 1.807) is 0 Å². The first kappa shape index (κ1) is 14.8. The Morgan fingerprint density at radius 3 is 2.47 bits per heavy atom. The Morgan fingerprint density at radius 1 is 1.16 bits per heavy atom. The van der Waals surface area contributed by atoms with Gasteiger partial charge in [-0.25, -0.2) is 0 Å². The summed E-state index contributed by atoms with van der Waals surface area (Å²) >= 11 is 3.85. The van der Waals surface area contributed by atoms with Crippen LogP contribution in [0.2, 0.25) is 0 Å². The average molecular weight is 294 g/mol. The fourth-order valence-electron chi connectivity index (χ4n) is 2.33. The van der Waals surface area contributed by atoms with E-state index in [2.05, 4.69) is 51.2 Å². The molecule has 1 unspecified atom stereocenters. The van der Waals surface area contributed by atoms with Gasteiger partial charge in [-0.3, -0.25) is 0 Å². The fraction of sp³-hybridized carbons (Fsp3) is 0.500. The Hall–Kier alpha value is -0.640. The van der Waals surface area contributed by atoms with Crippen molar-refractivity contribution in [3.8, 4) is 0 Å². The maximum atomic E-state index is 3.71. The summed E-state index contributed by atoms with van der Waals surface area (Å²) < 4.78 is 0. The van der Waals surface area contributed by atoms with Crippen LogP contribution in [0.5, 0.6) is 0 Å². The highest BCUT2D eigenvalue weighted by molar-refractivity contribution is 7.12. The third-order valence-electron chi connectivity index (χ3n) is 3.30. The number of nitrogens with one attached hydrogen (secondary N) is 1. The molecule has 0 radical (unpaired) electrons. The first-order chi connectivity index (χ1) is 9.15. The predicted molar refractivity (Wildman–Crippen MR) is 87.6 cm³/mol. The maximum Gasteiger partial charge on any atom is 0.0681 e. The van der Waals surface area contributed by atoms with E-state index in [4.69, 9.17) is 0 Å². The number of hydrogen-bond donors (Lipinski definition) is 1. The molecule has 0 saturated heterocycles. The van der Waals surface area contributed by atoms with Crippen LogP contribution in [0, 0.1) is 13.8 Å². The molecule has 0 bridgehead atoms. The standard InChI is InChI=1S/C16H23NS2/c1-5-9-17-16(14-10-11(3)18-12(14)4)15-8-7-13(6-2)19-15/h7-8,10,16-17H,5-6,9H2,1-4H3. The van der Waals surface area contributed by atoms with Crippen molar-refractivity contribution in [3.63, 3.8) is 0 Å². The summed E-state index contributed by atoms with van der Waals surface area (Å²) in [4.78, 5) is 5.77. The Morgan fingerprint density at radius 2 is 1.95 bits per heavy atom. The minimum absolute atomic E-state index is 0.371. The molecular weight excluding hydrogens is 270 g/mol. The Labute approximate surface area is 124 Å². The third kappa shape index (κ3) is 3.47. The molecule has 3 heteroatoms. The van der Waals surface area contributed by atoms with Gasteiger partial charge in [0.1, 0.15) is 0 Å². The van der Waals surface area contributed by atoms with Crippen molar-refractivity contribution in [1.29, 1.82) is 0 Å². The largest absolute Gasteiger partial charge is 0.306 e. The number of aryl methyl sites for hydroxylation is 3. The summed E-state index contributed by atoms with van der Waals surface area (Å²) in [5.74, 6) is 0. The molecule has 104 valence electrons. The normalized spacial score (nSPS) is 12.8. The molecule has 0 aliphatic carbocycles. The Bertz CT molecular complexity index is 525. The van der Waals surface area contributed by atoms with Gasteiger partial charge in [0, 0.05) is 19.5 Å². The van der Waals surface area contributed by atoms with Gasteiger partial charge in [0.05, 0.1) is 6.04 Å². The summed E-state index contributed by atoms with van der Waals surface area (Å²) in [6.45, 7) is 9.95. The van der Waals surface area contributed by atoms with E-state index in [9.17, 15) is 0 Å². The zero-order valence-electron chi connectivity index (χ0n) is 12.2. The summed E-state index contributed by atoms with van der Waals surface area (Å²) in [5.41, 5.74) is 1.46. The van der Waals surface area contributed by atoms with Crippen LogP contribution in [-0.4, -0.2) is 6.54 Å². The van der Waals surface area contributed by atoms with Crippen molar-refractivity contribution in [1.82, 2.24) is 5.32 Å². The molecule has 0 aliphatic rings. The molecule has 0 fully saturated rings. The molecule has 19 heavy (non-hydrogen) atoms. The average Bonchev–Trinajstić information content (AvgIpc) is 2.97. The lowest BCUT2D eigenvalue weighted by Crippen LogP contribution is -2.22. The van der Waals surface area contributed by atoms with Crippen molar-refractivity contribution in [2.24, 2.45) is 0 Å². The highest BCUT2D eigenvalue weighted by Gasteiger charge is 2.19. The van der Waals surface area contributed by atoms with Crippen LogP contribution in [0.4, 0.5) is 0 Å². The van der Waals surface area contributed by atoms with E-state index in [1.807, 2.05) is 22.7 Å². The molecule has 1 N–H and O–H groups in total. The summed E-state index contributed by atoms with van der Waals surface area (Å²) in [7, 11) is 0. The second kappa shape index (κ2) is 6.69. The van der Waals surface area contributed by atoms with Crippen molar-refractivity contribution in [3.05, 3.63) is 43.3 Å². The molecule has 0 aromatic carbocycles. The van der Waals surface area contributed by atoms with Crippen LogP contribution >= 0.6 is 22.7 Å². The zero-order valence-corrected chi connectivity index (χ0v) is 13.9. The van der Waals surface area contributed by atoms with Crippen molar-refractivity contribution < 1.29 is 0 Å². The molecule has 0 saturated carbocycles. The van der Waals surface area contributed by atoms with Gasteiger partial charge < -0.3 is 5.32 Å². The van der Waals surface area contributed by atoms with E-state index in [-0.39, 0.29) is 0 Å². The monoisotopic (exact) mass is 293 g/mol. The van der Waals surface area contributed by atoms with Crippen LogP contribution in [0.25, 0.3) is 0 Å². The number of hydrogen-bond acceptors (Lipinski definition) is 3. The second-order valence-corrected chi connectivity index (χ2v) is 7.57. The Kier molecular flexibility index (Phi) is 5.20. The first-order valence-corrected chi connectivity index (χ1v) is 8.67. The SMILES string of the molecule is CCCNC(c1ccc(CC)s1)c1cc(C)sc1C. The smallest absolute Gasteiger partial charge is 0.0681 e. The van der Waals surface area contributed by atoms with Crippen LogP contribution in [0.15, 0.2) is 18.2 Å². The molecule has 1 nitrogen and oxygen atoms in total. The summed E-state index contributed by atoms with van der Waals surface area (Å²) in [6, 6.07) is 7.28. The topological polar surface area (TPSA) is 12.0 Å². The molecular formula is C16H23NS2. The maximum absolute atomic E-state index is 3.71. The molecule has 1 atom stereocenters. The van der Waals surface area contributed by atoms with Gasteiger partial charge in [0.15, 0.2) is 0 Å². The molecule has 0 spiro atoms. The van der Waals surface area contributed by atoms with E-state index in [0.717, 1.165) is 13.0 Å². The van der Waals surface area contributed by atoms with Gasteiger partial charge in [0.25, 0.3) is 0 Å². The third-order valence-corrected chi connectivity index (χ3v) is 5.58. The van der Waals surface area contributed by atoms with Crippen molar-refractivity contribution in [2.75, 3.05) is 6.54 Å². The number of thiophene rings is 2. The predicted octanol–water partition coefficient (Wildman–Crippen LogP) is 5.08. The van der Waals surface area contributed by atoms with Crippen LogP contribution in [0.1, 0.15) is 51.4 Å². The highest BCUT2D eigenvalue weighted by Crippen LogP contribution is 2.34. The van der Waals surface area contributed by atoms with Gasteiger partial charge >= 0.3 is 0 Å². The van der Waals surface area contributed by atoms with Gasteiger partial charge in [-0.15, -0.1) is 22.7 Å². The van der Waals surface area contributed by atoms with E-state index in [1.165, 1.54) is 31.5 Å². The molecule has 2 rings (SSSR count). The van der Waals surface area contributed by atoms with Crippen LogP contribution in [-0.2, 0) is 6.42 Å². The van der Waals surface area contributed by atoms with E-state index in [0.29, 0.717) is 6.04 Å². The quantitative estimate of drug-likeness (QED) is 0.783. The van der Waals surface area contributed by atoms with Crippen LogP contribution in [0.3, 0.4) is 0 Å². The molecule has 0 amide bonds. The molecule has 0 aliphatic heterocycles. The second-order valence-electron chi connectivity index (χ2n) is 4.91. The van der Waals surface area contributed by atoms with Gasteiger partial charge in [-0.05, 0) is 57.0 Å².